The van der Waals surface area contributed by atoms with Crippen LogP contribution in [-0.2, 0) is 0 Å². The zero-order chi connectivity index (χ0) is 12.1. The van der Waals surface area contributed by atoms with Crippen LogP contribution in [-0.4, -0.2) is 17.6 Å². The molecule has 0 fully saturated rings. The predicted molar refractivity (Wildman–Crippen MR) is 67.6 cm³/mol. The molecule has 17 heavy (non-hydrogen) atoms. The third-order valence-corrected chi connectivity index (χ3v) is 2.48. The summed E-state index contributed by atoms with van der Waals surface area (Å²) >= 11 is 0. The van der Waals surface area contributed by atoms with Gasteiger partial charge in [-0.1, -0.05) is 36.4 Å². The third kappa shape index (κ3) is 2.71. The van der Waals surface area contributed by atoms with Crippen molar-refractivity contribution in [1.82, 2.24) is 5.32 Å². The van der Waals surface area contributed by atoms with Crippen LogP contribution in [0.2, 0.25) is 0 Å². The molecule has 0 aliphatic carbocycles. The Morgan fingerprint density at radius 3 is 2.71 bits per heavy atom. The molecule has 0 saturated heterocycles. The lowest BCUT2D eigenvalue weighted by Crippen LogP contribution is -2.06. The van der Waals surface area contributed by atoms with Crippen molar-refractivity contribution in [3.8, 4) is 0 Å². The number of rotatable bonds is 4. The molecule has 0 bridgehead atoms. The molecule has 0 aromatic heterocycles. The lowest BCUT2D eigenvalue weighted by Gasteiger charge is -2.00. The first-order valence-electron chi connectivity index (χ1n) is 5.35. The Bertz CT molecular complexity index is 561. The van der Waals surface area contributed by atoms with Crippen molar-refractivity contribution in [3.05, 3.63) is 60.3 Å². The molecule has 0 atom stereocenters. The molecule has 3 nitrogen and oxygen atoms in total. The summed E-state index contributed by atoms with van der Waals surface area (Å²) < 4.78 is 0. The van der Waals surface area contributed by atoms with Gasteiger partial charge in [0, 0.05) is 17.8 Å². The summed E-state index contributed by atoms with van der Waals surface area (Å²) in [6.07, 6.45) is 2.85. The number of fused-ring (bicyclic) bond motifs is 1. The molecule has 2 rings (SSSR count). The summed E-state index contributed by atoms with van der Waals surface area (Å²) in [6, 6.07) is 13.5. The Kier molecular flexibility index (Phi) is 3.52. The van der Waals surface area contributed by atoms with Gasteiger partial charge in [0.25, 0.3) is 0 Å². The van der Waals surface area contributed by atoms with Crippen molar-refractivity contribution >= 4 is 16.6 Å². The number of carbonyl (C=O) groups excluding carboxylic acids is 1. The Hall–Kier alpha value is -2.13. The summed E-state index contributed by atoms with van der Waals surface area (Å²) in [6.45, 7) is -0.179. The monoisotopic (exact) mass is 227 g/mol. The first-order chi connectivity index (χ1) is 8.31. The van der Waals surface area contributed by atoms with Crippen LogP contribution in [0.15, 0.2) is 54.7 Å². The number of ketones is 1. The van der Waals surface area contributed by atoms with E-state index in [1.165, 1.54) is 12.3 Å². The number of hydrogen-bond acceptors (Lipinski definition) is 3. The molecule has 2 aromatic rings. The van der Waals surface area contributed by atoms with Crippen molar-refractivity contribution < 1.29 is 9.90 Å². The van der Waals surface area contributed by atoms with Gasteiger partial charge < -0.3 is 10.4 Å². The van der Waals surface area contributed by atoms with Crippen LogP contribution in [0.1, 0.15) is 10.4 Å². The molecule has 0 heterocycles. The van der Waals surface area contributed by atoms with E-state index in [-0.39, 0.29) is 12.5 Å². The number of nitrogens with one attached hydrogen (secondary N) is 1. The van der Waals surface area contributed by atoms with Crippen LogP contribution in [0.4, 0.5) is 0 Å². The molecule has 3 heteroatoms. The second-order valence-corrected chi connectivity index (χ2v) is 3.62. The van der Waals surface area contributed by atoms with Gasteiger partial charge in [-0.2, -0.15) is 0 Å². The fraction of sp³-hybridized carbons (Fsp3) is 0.0714. The van der Waals surface area contributed by atoms with Gasteiger partial charge in [-0.3, -0.25) is 4.79 Å². The summed E-state index contributed by atoms with van der Waals surface area (Å²) in [5.41, 5.74) is 0.639. The third-order valence-electron chi connectivity index (χ3n) is 2.48. The molecule has 0 saturated carbocycles. The van der Waals surface area contributed by atoms with Gasteiger partial charge in [0.2, 0.25) is 0 Å². The second-order valence-electron chi connectivity index (χ2n) is 3.62. The molecule has 0 aliphatic heterocycles. The van der Waals surface area contributed by atoms with Gasteiger partial charge in [0.1, 0.15) is 6.73 Å². The van der Waals surface area contributed by atoms with Crippen molar-refractivity contribution in [1.29, 1.82) is 0 Å². The maximum atomic E-state index is 11.8. The quantitative estimate of drug-likeness (QED) is 0.477. The van der Waals surface area contributed by atoms with E-state index >= 15 is 0 Å². The van der Waals surface area contributed by atoms with E-state index < -0.39 is 0 Å². The van der Waals surface area contributed by atoms with E-state index in [4.69, 9.17) is 5.11 Å². The number of aliphatic hydroxyl groups is 1. The normalized spacial score (nSPS) is 10.9. The Morgan fingerprint density at radius 1 is 1.18 bits per heavy atom. The summed E-state index contributed by atoms with van der Waals surface area (Å²) in [5.74, 6) is -0.0864. The lowest BCUT2D eigenvalue weighted by atomic mass is 10.0. The smallest absolute Gasteiger partial charge is 0.187 e. The van der Waals surface area contributed by atoms with Crippen molar-refractivity contribution in [2.75, 3.05) is 6.73 Å². The number of allylic oxidation sites excluding steroid dienone is 1. The number of benzene rings is 2. The van der Waals surface area contributed by atoms with E-state index in [2.05, 4.69) is 5.32 Å². The number of hydrogen-bond donors (Lipinski definition) is 2. The zero-order valence-electron chi connectivity index (χ0n) is 9.26. The van der Waals surface area contributed by atoms with Crippen LogP contribution < -0.4 is 5.32 Å². The molecule has 86 valence electrons. The fourth-order valence-electron chi connectivity index (χ4n) is 1.63. The summed E-state index contributed by atoms with van der Waals surface area (Å²) in [5, 5.41) is 13.2. The Balaban J connectivity index is 2.27. The summed E-state index contributed by atoms with van der Waals surface area (Å²) in [4.78, 5) is 11.8. The highest BCUT2D eigenvalue weighted by Gasteiger charge is 2.02. The van der Waals surface area contributed by atoms with Crippen molar-refractivity contribution in [3.63, 3.8) is 0 Å². The van der Waals surface area contributed by atoms with Gasteiger partial charge in [0.15, 0.2) is 5.78 Å². The minimum atomic E-state index is -0.179. The number of aliphatic hydroxyl groups excluding tert-OH is 1. The van der Waals surface area contributed by atoms with Gasteiger partial charge in [-0.05, 0) is 16.8 Å². The standard InChI is InChI=1S/C14H13NO2/c16-10-15-8-7-14(17)13-6-5-11-3-1-2-4-12(11)9-13/h1-9,15-16H,10H2/b8-7-. The van der Waals surface area contributed by atoms with Crippen molar-refractivity contribution in [2.45, 2.75) is 0 Å². The zero-order valence-corrected chi connectivity index (χ0v) is 9.26. The van der Waals surface area contributed by atoms with E-state index in [1.54, 1.807) is 6.07 Å². The average Bonchev–Trinajstić information content (AvgIpc) is 2.38. The molecule has 2 N–H and O–H groups in total. The molecule has 0 spiro atoms. The van der Waals surface area contributed by atoms with Crippen LogP contribution >= 0.6 is 0 Å². The van der Waals surface area contributed by atoms with Crippen LogP contribution in [0.25, 0.3) is 10.8 Å². The number of carbonyl (C=O) groups is 1. The topological polar surface area (TPSA) is 49.3 Å². The molecule has 0 radical (unpaired) electrons. The molecule has 0 unspecified atom stereocenters. The van der Waals surface area contributed by atoms with E-state index in [9.17, 15) is 4.79 Å². The van der Waals surface area contributed by atoms with Crippen LogP contribution in [0.5, 0.6) is 0 Å². The van der Waals surface area contributed by atoms with E-state index in [0.717, 1.165) is 10.8 Å². The van der Waals surface area contributed by atoms with E-state index in [0.29, 0.717) is 5.56 Å². The van der Waals surface area contributed by atoms with Crippen LogP contribution in [0.3, 0.4) is 0 Å². The molecular weight excluding hydrogens is 214 g/mol. The van der Waals surface area contributed by atoms with Crippen molar-refractivity contribution in [2.24, 2.45) is 0 Å². The highest BCUT2D eigenvalue weighted by atomic mass is 16.3. The SMILES string of the molecule is O=C(/C=C\NCO)c1ccc2ccccc2c1. The second kappa shape index (κ2) is 5.27. The van der Waals surface area contributed by atoms with Crippen LogP contribution in [0, 0.1) is 0 Å². The minimum Gasteiger partial charge on any atom is -0.377 e. The van der Waals surface area contributed by atoms with Gasteiger partial charge >= 0.3 is 0 Å². The first-order valence-corrected chi connectivity index (χ1v) is 5.35. The van der Waals surface area contributed by atoms with Gasteiger partial charge in [-0.15, -0.1) is 0 Å². The predicted octanol–water partition coefficient (Wildman–Crippen LogP) is 2.08. The maximum absolute atomic E-state index is 11.8. The lowest BCUT2D eigenvalue weighted by molar-refractivity contribution is 0.104. The highest BCUT2D eigenvalue weighted by Crippen LogP contribution is 2.16. The molecule has 2 aromatic carbocycles. The largest absolute Gasteiger partial charge is 0.377 e. The highest BCUT2D eigenvalue weighted by molar-refractivity contribution is 6.06. The minimum absolute atomic E-state index is 0.0864. The first kappa shape index (κ1) is 11.4. The molecule has 0 amide bonds. The Labute approximate surface area is 99.4 Å². The van der Waals surface area contributed by atoms with Gasteiger partial charge in [0.05, 0.1) is 0 Å². The average molecular weight is 227 g/mol. The maximum Gasteiger partial charge on any atom is 0.187 e. The molecular formula is C14H13NO2. The van der Waals surface area contributed by atoms with E-state index in [1.807, 2.05) is 36.4 Å². The Morgan fingerprint density at radius 2 is 1.94 bits per heavy atom. The van der Waals surface area contributed by atoms with Gasteiger partial charge in [-0.25, -0.2) is 0 Å². The fourth-order valence-corrected chi connectivity index (χ4v) is 1.63. The summed E-state index contributed by atoms with van der Waals surface area (Å²) in [7, 11) is 0. The molecule has 0 aliphatic rings.